The summed E-state index contributed by atoms with van der Waals surface area (Å²) in [7, 11) is 0. The van der Waals surface area contributed by atoms with Crippen LogP contribution in [0.15, 0.2) is 24.3 Å². The number of carbonyl (C=O) groups is 2. The molecular weight excluding hydrogens is 184 g/mol. The first kappa shape index (κ1) is 10.2. The van der Waals surface area contributed by atoms with E-state index in [1.54, 1.807) is 12.1 Å². The number of benzene rings is 1. The van der Waals surface area contributed by atoms with Gasteiger partial charge in [0.15, 0.2) is 0 Å². The number of hydrogen-bond donors (Lipinski definition) is 1. The minimum Gasteiger partial charge on any atom is -0.478 e. The summed E-state index contributed by atoms with van der Waals surface area (Å²) in [6, 6.07) is 6.18. The Labute approximate surface area is 81.1 Å². The van der Waals surface area contributed by atoms with E-state index in [-0.39, 0.29) is 18.1 Å². The molecule has 0 aromatic heterocycles. The van der Waals surface area contributed by atoms with Crippen molar-refractivity contribution in [2.45, 2.75) is 13.5 Å². The maximum Gasteiger partial charge on any atom is 0.335 e. The summed E-state index contributed by atoms with van der Waals surface area (Å²) in [5.74, 6) is -1.32. The summed E-state index contributed by atoms with van der Waals surface area (Å²) in [4.78, 5) is 21.0. The first-order valence-electron chi connectivity index (χ1n) is 4.05. The van der Waals surface area contributed by atoms with E-state index in [2.05, 4.69) is 0 Å². The van der Waals surface area contributed by atoms with Gasteiger partial charge in [-0.15, -0.1) is 0 Å². The summed E-state index contributed by atoms with van der Waals surface area (Å²) in [5, 5.41) is 8.61. The van der Waals surface area contributed by atoms with Gasteiger partial charge in [0, 0.05) is 6.92 Å². The zero-order chi connectivity index (χ0) is 10.6. The second kappa shape index (κ2) is 4.41. The molecule has 1 rings (SSSR count). The first-order chi connectivity index (χ1) is 6.59. The van der Waals surface area contributed by atoms with Crippen molar-refractivity contribution in [2.75, 3.05) is 0 Å². The summed E-state index contributed by atoms with van der Waals surface area (Å²) < 4.78 is 4.74. The first-order valence-corrected chi connectivity index (χ1v) is 4.05. The Hall–Kier alpha value is -1.84. The van der Waals surface area contributed by atoms with Crippen LogP contribution in [0.2, 0.25) is 0 Å². The van der Waals surface area contributed by atoms with Crippen molar-refractivity contribution in [1.29, 1.82) is 0 Å². The Morgan fingerprint density at radius 3 is 2.29 bits per heavy atom. The van der Waals surface area contributed by atoms with E-state index in [1.807, 2.05) is 0 Å². The molecular formula is C10H10O4. The van der Waals surface area contributed by atoms with Crippen molar-refractivity contribution in [1.82, 2.24) is 0 Å². The molecule has 0 unspecified atom stereocenters. The van der Waals surface area contributed by atoms with Gasteiger partial charge in [-0.1, -0.05) is 12.1 Å². The highest BCUT2D eigenvalue weighted by molar-refractivity contribution is 5.87. The maximum atomic E-state index is 10.5. The standard InChI is InChI=1S/C10H10O4/c1-7(11)14-6-8-2-4-9(5-3-8)10(12)13/h2-5H,6H2,1H3,(H,12,13). The molecule has 14 heavy (non-hydrogen) atoms. The van der Waals surface area contributed by atoms with E-state index >= 15 is 0 Å². The lowest BCUT2D eigenvalue weighted by molar-refractivity contribution is -0.142. The molecule has 0 radical (unpaired) electrons. The minimum absolute atomic E-state index is 0.176. The second-order valence-corrected chi connectivity index (χ2v) is 2.78. The Morgan fingerprint density at radius 2 is 1.86 bits per heavy atom. The molecule has 0 aliphatic rings. The topological polar surface area (TPSA) is 63.6 Å². The molecule has 0 atom stereocenters. The fourth-order valence-electron chi connectivity index (χ4n) is 0.929. The van der Waals surface area contributed by atoms with E-state index in [1.165, 1.54) is 19.1 Å². The smallest absolute Gasteiger partial charge is 0.335 e. The number of esters is 1. The Morgan fingerprint density at radius 1 is 1.29 bits per heavy atom. The van der Waals surface area contributed by atoms with Gasteiger partial charge in [0.25, 0.3) is 0 Å². The van der Waals surface area contributed by atoms with E-state index in [4.69, 9.17) is 9.84 Å². The fraction of sp³-hybridized carbons (Fsp3) is 0.200. The number of rotatable bonds is 3. The van der Waals surface area contributed by atoms with Crippen LogP contribution in [-0.4, -0.2) is 17.0 Å². The van der Waals surface area contributed by atoms with Gasteiger partial charge in [-0.2, -0.15) is 0 Å². The molecule has 4 heteroatoms. The molecule has 1 N–H and O–H groups in total. The van der Waals surface area contributed by atoms with Crippen LogP contribution in [0.25, 0.3) is 0 Å². The van der Waals surface area contributed by atoms with Crippen LogP contribution in [0, 0.1) is 0 Å². The van der Waals surface area contributed by atoms with Crippen LogP contribution < -0.4 is 0 Å². The number of carboxylic acids is 1. The van der Waals surface area contributed by atoms with E-state index in [0.29, 0.717) is 0 Å². The van der Waals surface area contributed by atoms with Crippen LogP contribution in [0.5, 0.6) is 0 Å². The van der Waals surface area contributed by atoms with Gasteiger partial charge in [0.1, 0.15) is 6.61 Å². The lowest BCUT2D eigenvalue weighted by atomic mass is 10.1. The quantitative estimate of drug-likeness (QED) is 0.739. The molecule has 0 amide bonds. The summed E-state index contributed by atoms with van der Waals surface area (Å²) >= 11 is 0. The SMILES string of the molecule is CC(=O)OCc1ccc(C(=O)O)cc1. The number of ether oxygens (including phenoxy) is 1. The van der Waals surface area contributed by atoms with Crippen molar-refractivity contribution >= 4 is 11.9 Å². The van der Waals surface area contributed by atoms with Gasteiger partial charge >= 0.3 is 11.9 Å². The second-order valence-electron chi connectivity index (χ2n) is 2.78. The molecule has 0 aliphatic heterocycles. The van der Waals surface area contributed by atoms with Crippen LogP contribution in [0.4, 0.5) is 0 Å². The normalized spacial score (nSPS) is 9.50. The molecule has 4 nitrogen and oxygen atoms in total. The van der Waals surface area contributed by atoms with Crippen molar-refractivity contribution in [3.8, 4) is 0 Å². The van der Waals surface area contributed by atoms with Gasteiger partial charge in [0.05, 0.1) is 5.56 Å². The summed E-state index contributed by atoms with van der Waals surface area (Å²) in [6.07, 6.45) is 0. The van der Waals surface area contributed by atoms with Crippen LogP contribution in [-0.2, 0) is 16.1 Å². The average Bonchev–Trinajstić information content (AvgIpc) is 2.15. The van der Waals surface area contributed by atoms with Crippen molar-refractivity contribution < 1.29 is 19.4 Å². The number of aromatic carboxylic acids is 1. The Bertz CT molecular complexity index is 340. The minimum atomic E-state index is -0.968. The average molecular weight is 194 g/mol. The fourth-order valence-corrected chi connectivity index (χ4v) is 0.929. The Balaban J connectivity index is 2.64. The Kier molecular flexibility index (Phi) is 3.23. The summed E-state index contributed by atoms with van der Waals surface area (Å²) in [6.45, 7) is 1.50. The third-order valence-electron chi connectivity index (χ3n) is 1.64. The maximum absolute atomic E-state index is 10.5. The highest BCUT2D eigenvalue weighted by atomic mass is 16.5. The largest absolute Gasteiger partial charge is 0.478 e. The number of hydrogen-bond acceptors (Lipinski definition) is 3. The van der Waals surface area contributed by atoms with Gasteiger partial charge in [-0.05, 0) is 17.7 Å². The highest BCUT2D eigenvalue weighted by Crippen LogP contribution is 2.05. The molecule has 0 aliphatic carbocycles. The number of carbonyl (C=O) groups excluding carboxylic acids is 1. The van der Waals surface area contributed by atoms with Crippen LogP contribution in [0.3, 0.4) is 0 Å². The zero-order valence-corrected chi connectivity index (χ0v) is 7.69. The lowest BCUT2D eigenvalue weighted by Crippen LogP contribution is -2.00. The van der Waals surface area contributed by atoms with Gasteiger partial charge in [-0.3, -0.25) is 4.79 Å². The molecule has 0 saturated heterocycles. The predicted molar refractivity (Wildman–Crippen MR) is 48.9 cm³/mol. The van der Waals surface area contributed by atoms with Crippen molar-refractivity contribution in [2.24, 2.45) is 0 Å². The zero-order valence-electron chi connectivity index (χ0n) is 7.69. The molecule has 0 fully saturated rings. The van der Waals surface area contributed by atoms with Gasteiger partial charge in [0.2, 0.25) is 0 Å². The third kappa shape index (κ3) is 2.90. The molecule has 0 saturated carbocycles. The lowest BCUT2D eigenvalue weighted by Gasteiger charge is -2.01. The molecule has 0 heterocycles. The highest BCUT2D eigenvalue weighted by Gasteiger charge is 2.02. The van der Waals surface area contributed by atoms with Crippen LogP contribution in [0.1, 0.15) is 22.8 Å². The molecule has 74 valence electrons. The summed E-state index contributed by atoms with van der Waals surface area (Å²) in [5.41, 5.74) is 0.988. The van der Waals surface area contributed by atoms with Gasteiger partial charge < -0.3 is 9.84 Å². The predicted octanol–water partition coefficient (Wildman–Crippen LogP) is 1.45. The van der Waals surface area contributed by atoms with Crippen molar-refractivity contribution in [3.63, 3.8) is 0 Å². The van der Waals surface area contributed by atoms with Gasteiger partial charge in [-0.25, -0.2) is 4.79 Å². The van der Waals surface area contributed by atoms with Crippen LogP contribution >= 0.6 is 0 Å². The van der Waals surface area contributed by atoms with E-state index in [9.17, 15) is 9.59 Å². The third-order valence-corrected chi connectivity index (χ3v) is 1.64. The monoisotopic (exact) mass is 194 g/mol. The van der Waals surface area contributed by atoms with E-state index < -0.39 is 5.97 Å². The van der Waals surface area contributed by atoms with E-state index in [0.717, 1.165) is 5.56 Å². The molecule has 1 aromatic rings. The molecule has 0 spiro atoms. The molecule has 1 aromatic carbocycles. The molecule has 0 bridgehead atoms. The van der Waals surface area contributed by atoms with Crippen molar-refractivity contribution in [3.05, 3.63) is 35.4 Å². The number of carboxylic acid groups (broad SMARTS) is 1.